The minimum absolute atomic E-state index is 0.215. The molecule has 25 heavy (non-hydrogen) atoms. The molecule has 3 heterocycles. The van der Waals surface area contributed by atoms with Crippen LogP contribution in [0.15, 0.2) is 24.3 Å². The number of nitrogens with zero attached hydrogens (tertiary/aromatic N) is 5. The molecule has 1 unspecified atom stereocenters. The van der Waals surface area contributed by atoms with Gasteiger partial charge in [-0.1, -0.05) is 29.6 Å². The van der Waals surface area contributed by atoms with Crippen molar-refractivity contribution >= 4 is 40.4 Å². The first kappa shape index (κ1) is 17.0. The molecule has 8 heteroatoms. The molecule has 1 aliphatic heterocycles. The van der Waals surface area contributed by atoms with Gasteiger partial charge in [-0.05, 0) is 56.2 Å². The summed E-state index contributed by atoms with van der Waals surface area (Å²) in [4.78, 5) is 11.4. The molecule has 2 aromatic heterocycles. The summed E-state index contributed by atoms with van der Waals surface area (Å²) < 4.78 is 1.58. The number of hydrogen-bond acceptors (Lipinski definition) is 4. The van der Waals surface area contributed by atoms with E-state index in [9.17, 15) is 0 Å². The van der Waals surface area contributed by atoms with Gasteiger partial charge in [0.25, 0.3) is 0 Å². The van der Waals surface area contributed by atoms with Gasteiger partial charge in [-0.15, -0.1) is 5.10 Å². The van der Waals surface area contributed by atoms with E-state index in [2.05, 4.69) is 22.0 Å². The molecule has 130 valence electrons. The largest absolute Gasteiger partial charge is 0.296 e. The second kappa shape index (κ2) is 6.72. The molecule has 0 aliphatic carbocycles. The van der Waals surface area contributed by atoms with Crippen LogP contribution in [-0.2, 0) is 0 Å². The summed E-state index contributed by atoms with van der Waals surface area (Å²) in [6, 6.07) is 7.35. The number of hydrogen-bond donors (Lipinski definition) is 0. The van der Waals surface area contributed by atoms with Crippen molar-refractivity contribution in [2.45, 2.75) is 25.3 Å². The Hall–Kier alpha value is -1.40. The number of likely N-dealkylation sites (tertiary alicyclic amines) is 1. The van der Waals surface area contributed by atoms with Gasteiger partial charge in [-0.2, -0.15) is 4.52 Å². The Morgan fingerprint density at radius 2 is 1.92 bits per heavy atom. The fraction of sp³-hybridized carbons (Fsp3) is 0.353. The van der Waals surface area contributed by atoms with Crippen molar-refractivity contribution in [2.75, 3.05) is 13.6 Å². The fourth-order valence-corrected chi connectivity index (χ4v) is 3.97. The number of piperidine rings is 1. The van der Waals surface area contributed by atoms with Crippen LogP contribution in [0.5, 0.6) is 0 Å². The number of benzene rings is 1. The van der Waals surface area contributed by atoms with Crippen molar-refractivity contribution in [1.82, 2.24) is 24.5 Å². The van der Waals surface area contributed by atoms with Crippen LogP contribution in [-0.4, -0.2) is 38.1 Å². The quantitative estimate of drug-likeness (QED) is 0.577. The fourth-order valence-electron chi connectivity index (χ4n) is 3.25. The van der Waals surface area contributed by atoms with Gasteiger partial charge >= 0.3 is 0 Å². The standard InChI is InChI=1S/C17H16Cl3N5/c1-24-7-3-2-4-14(24)16-22-15-9-13(21-17(20)25(15)23-16)11-6-5-10(18)8-12(11)19/h5-6,8-9,14H,2-4,7H2,1H3. The third-order valence-corrected chi connectivity index (χ3v) is 5.37. The molecule has 0 amide bonds. The summed E-state index contributed by atoms with van der Waals surface area (Å²) in [7, 11) is 2.11. The molecule has 1 aromatic carbocycles. The zero-order chi connectivity index (χ0) is 17.6. The Kier molecular flexibility index (Phi) is 4.58. The van der Waals surface area contributed by atoms with Gasteiger partial charge in [0.05, 0.1) is 16.8 Å². The van der Waals surface area contributed by atoms with Crippen molar-refractivity contribution in [3.63, 3.8) is 0 Å². The molecule has 0 saturated carbocycles. The van der Waals surface area contributed by atoms with Gasteiger partial charge in [0.1, 0.15) is 0 Å². The van der Waals surface area contributed by atoms with E-state index in [-0.39, 0.29) is 11.3 Å². The van der Waals surface area contributed by atoms with E-state index in [0.29, 0.717) is 21.4 Å². The van der Waals surface area contributed by atoms with Crippen LogP contribution in [0.25, 0.3) is 16.9 Å². The molecule has 0 radical (unpaired) electrons. The zero-order valence-corrected chi connectivity index (χ0v) is 15.9. The Bertz CT molecular complexity index is 939. The van der Waals surface area contributed by atoms with Gasteiger partial charge in [-0.3, -0.25) is 4.90 Å². The lowest BCUT2D eigenvalue weighted by Crippen LogP contribution is -2.30. The molecule has 0 N–H and O–H groups in total. The van der Waals surface area contributed by atoms with Crippen LogP contribution >= 0.6 is 34.8 Å². The number of rotatable bonds is 2. The molecule has 5 nitrogen and oxygen atoms in total. The summed E-state index contributed by atoms with van der Waals surface area (Å²) >= 11 is 18.6. The molecule has 0 bridgehead atoms. The Morgan fingerprint density at radius 1 is 1.08 bits per heavy atom. The normalized spacial score (nSPS) is 18.8. The van der Waals surface area contributed by atoms with Crippen LogP contribution in [0.1, 0.15) is 31.1 Å². The van der Waals surface area contributed by atoms with Crippen molar-refractivity contribution in [1.29, 1.82) is 0 Å². The lowest BCUT2D eigenvalue weighted by molar-refractivity contribution is 0.179. The van der Waals surface area contributed by atoms with E-state index in [1.165, 1.54) is 12.8 Å². The highest BCUT2D eigenvalue weighted by Crippen LogP contribution is 2.32. The minimum Gasteiger partial charge on any atom is -0.296 e. The van der Waals surface area contributed by atoms with Crippen molar-refractivity contribution in [3.05, 3.63) is 45.4 Å². The van der Waals surface area contributed by atoms with Crippen LogP contribution in [0.2, 0.25) is 15.3 Å². The lowest BCUT2D eigenvalue weighted by Gasteiger charge is -2.30. The maximum absolute atomic E-state index is 6.35. The predicted octanol–water partition coefficient (Wildman–Crippen LogP) is 4.91. The summed E-state index contributed by atoms with van der Waals surface area (Å²) in [5, 5.41) is 5.93. The van der Waals surface area contributed by atoms with E-state index in [0.717, 1.165) is 24.4 Å². The second-order valence-corrected chi connectivity index (χ2v) is 7.45. The summed E-state index contributed by atoms with van der Waals surface area (Å²) in [6.07, 6.45) is 3.44. The zero-order valence-electron chi connectivity index (χ0n) is 13.6. The summed E-state index contributed by atoms with van der Waals surface area (Å²) in [6.45, 7) is 1.05. The van der Waals surface area contributed by atoms with Crippen LogP contribution in [0, 0.1) is 0 Å². The Morgan fingerprint density at radius 3 is 2.68 bits per heavy atom. The maximum atomic E-state index is 6.35. The van der Waals surface area contributed by atoms with E-state index >= 15 is 0 Å². The topological polar surface area (TPSA) is 46.3 Å². The van der Waals surface area contributed by atoms with E-state index in [1.54, 1.807) is 16.6 Å². The molecule has 3 aromatic rings. The molecular weight excluding hydrogens is 381 g/mol. The van der Waals surface area contributed by atoms with Crippen LogP contribution < -0.4 is 0 Å². The third-order valence-electron chi connectivity index (χ3n) is 4.58. The second-order valence-electron chi connectivity index (χ2n) is 6.27. The van der Waals surface area contributed by atoms with Crippen molar-refractivity contribution in [3.8, 4) is 11.3 Å². The highest BCUT2D eigenvalue weighted by atomic mass is 35.5. The molecule has 1 fully saturated rings. The number of aromatic nitrogens is 4. The molecule has 1 atom stereocenters. The van der Waals surface area contributed by atoms with Crippen LogP contribution in [0.4, 0.5) is 0 Å². The smallest absolute Gasteiger partial charge is 0.226 e. The van der Waals surface area contributed by atoms with E-state index in [1.807, 2.05) is 12.1 Å². The molecule has 0 spiro atoms. The van der Waals surface area contributed by atoms with Crippen molar-refractivity contribution < 1.29 is 0 Å². The first-order chi connectivity index (χ1) is 12.0. The highest BCUT2D eigenvalue weighted by Gasteiger charge is 2.25. The SMILES string of the molecule is CN1CCCCC1c1nc2cc(-c3ccc(Cl)cc3Cl)nc(Cl)n2n1. The van der Waals surface area contributed by atoms with Gasteiger partial charge in [0, 0.05) is 16.7 Å². The Balaban J connectivity index is 1.79. The van der Waals surface area contributed by atoms with Gasteiger partial charge in [0.15, 0.2) is 11.5 Å². The monoisotopic (exact) mass is 395 g/mol. The average Bonchev–Trinajstić information content (AvgIpc) is 2.99. The van der Waals surface area contributed by atoms with E-state index in [4.69, 9.17) is 39.8 Å². The lowest BCUT2D eigenvalue weighted by atomic mass is 10.0. The first-order valence-corrected chi connectivity index (χ1v) is 9.25. The van der Waals surface area contributed by atoms with Gasteiger partial charge < -0.3 is 0 Å². The molecule has 4 rings (SSSR count). The van der Waals surface area contributed by atoms with Gasteiger partial charge in [-0.25, -0.2) is 9.97 Å². The summed E-state index contributed by atoms with van der Waals surface area (Å²) in [5.41, 5.74) is 2.07. The van der Waals surface area contributed by atoms with Gasteiger partial charge in [0.2, 0.25) is 5.28 Å². The predicted molar refractivity (Wildman–Crippen MR) is 100 cm³/mol. The first-order valence-electron chi connectivity index (χ1n) is 8.12. The average molecular weight is 397 g/mol. The number of fused-ring (bicyclic) bond motifs is 1. The third kappa shape index (κ3) is 3.22. The maximum Gasteiger partial charge on any atom is 0.226 e. The molecular formula is C17H16Cl3N5. The molecule has 1 saturated heterocycles. The molecule has 1 aliphatic rings. The summed E-state index contributed by atoms with van der Waals surface area (Å²) in [5.74, 6) is 0.783. The Labute approximate surface area is 160 Å². The van der Waals surface area contributed by atoms with Crippen LogP contribution in [0.3, 0.4) is 0 Å². The number of halogens is 3. The van der Waals surface area contributed by atoms with E-state index < -0.39 is 0 Å². The highest BCUT2D eigenvalue weighted by molar-refractivity contribution is 6.36. The van der Waals surface area contributed by atoms with Crippen molar-refractivity contribution in [2.24, 2.45) is 0 Å². The minimum atomic E-state index is 0.215.